The molecule has 0 amide bonds. The molecule has 1 N–H and O–H groups in total. The van der Waals surface area contributed by atoms with Crippen molar-refractivity contribution in [1.82, 2.24) is 9.78 Å². The minimum absolute atomic E-state index is 0. The number of carboxylic acid groups (broad SMARTS) is 1. The van der Waals surface area contributed by atoms with Crippen molar-refractivity contribution in [3.63, 3.8) is 0 Å². The molecule has 0 atom stereocenters. The third kappa shape index (κ3) is 2.01. The van der Waals surface area contributed by atoms with Crippen LogP contribution in [0.4, 0.5) is 4.79 Å². The van der Waals surface area contributed by atoms with Crippen LogP contribution in [0.2, 0.25) is 0 Å². The maximum Gasteiger partial charge on any atom is 0.432 e. The van der Waals surface area contributed by atoms with Gasteiger partial charge in [0.1, 0.15) is 0 Å². The van der Waals surface area contributed by atoms with E-state index in [4.69, 9.17) is 5.11 Å². The lowest BCUT2D eigenvalue weighted by molar-refractivity contribution is 0.192. The van der Waals surface area contributed by atoms with E-state index in [0.29, 0.717) is 0 Å². The highest BCUT2D eigenvalue weighted by Gasteiger charge is 2.13. The number of hydrogen-bond acceptors (Lipinski definition) is 2. The highest BCUT2D eigenvalue weighted by molar-refractivity contribution is 5.85. The van der Waals surface area contributed by atoms with Crippen LogP contribution in [-0.2, 0) is 6.42 Å². The smallest absolute Gasteiger partial charge is 0.432 e. The Bertz CT molecular complexity index is 320. The van der Waals surface area contributed by atoms with Crippen molar-refractivity contribution >= 4 is 18.5 Å². The first-order chi connectivity index (χ1) is 5.57. The van der Waals surface area contributed by atoms with Crippen LogP contribution in [0, 0.1) is 13.8 Å². The highest BCUT2D eigenvalue weighted by atomic mass is 35.5. The molecule has 0 bridgehead atoms. The van der Waals surface area contributed by atoms with Crippen LogP contribution in [0.25, 0.3) is 0 Å². The van der Waals surface area contributed by atoms with Gasteiger partial charge in [0, 0.05) is 0 Å². The molecule has 0 aliphatic carbocycles. The van der Waals surface area contributed by atoms with Crippen LogP contribution in [0.1, 0.15) is 23.9 Å². The van der Waals surface area contributed by atoms with Gasteiger partial charge < -0.3 is 5.11 Å². The Labute approximate surface area is 83.0 Å². The number of aromatic nitrogens is 2. The molecule has 0 spiro atoms. The topological polar surface area (TPSA) is 55.1 Å². The van der Waals surface area contributed by atoms with Gasteiger partial charge in [0.15, 0.2) is 0 Å². The Balaban J connectivity index is 0.00000144. The minimum atomic E-state index is -1.02. The molecule has 0 aromatic carbocycles. The summed E-state index contributed by atoms with van der Waals surface area (Å²) < 4.78 is 1.02. The molecule has 1 rings (SSSR count). The fraction of sp³-hybridized carbons (Fsp3) is 0.500. The first-order valence-corrected chi connectivity index (χ1v) is 3.86. The summed E-state index contributed by atoms with van der Waals surface area (Å²) in [4.78, 5) is 10.6. The normalized spacial score (nSPS) is 9.46. The van der Waals surface area contributed by atoms with Crippen LogP contribution in [-0.4, -0.2) is 21.0 Å². The second-order valence-electron chi connectivity index (χ2n) is 2.70. The van der Waals surface area contributed by atoms with E-state index in [9.17, 15) is 4.79 Å². The summed E-state index contributed by atoms with van der Waals surface area (Å²) >= 11 is 0. The van der Waals surface area contributed by atoms with Gasteiger partial charge >= 0.3 is 6.09 Å². The van der Waals surface area contributed by atoms with Crippen molar-refractivity contribution in [1.29, 1.82) is 0 Å². The van der Waals surface area contributed by atoms with E-state index < -0.39 is 6.09 Å². The molecule has 0 aliphatic rings. The molecular weight excluding hydrogens is 192 g/mol. The quantitative estimate of drug-likeness (QED) is 0.762. The van der Waals surface area contributed by atoms with Crippen LogP contribution in [0.15, 0.2) is 0 Å². The number of hydrogen-bond donors (Lipinski definition) is 1. The maximum atomic E-state index is 10.6. The van der Waals surface area contributed by atoms with Gasteiger partial charge in [-0.15, -0.1) is 12.4 Å². The predicted molar refractivity (Wildman–Crippen MR) is 51.7 cm³/mol. The molecule has 0 aliphatic heterocycles. The molecule has 0 saturated heterocycles. The molecule has 0 unspecified atom stereocenters. The van der Waals surface area contributed by atoms with E-state index in [2.05, 4.69) is 5.10 Å². The summed E-state index contributed by atoms with van der Waals surface area (Å²) in [5.41, 5.74) is 2.55. The first-order valence-electron chi connectivity index (χ1n) is 3.86. The summed E-state index contributed by atoms with van der Waals surface area (Å²) in [6.45, 7) is 5.58. The summed E-state index contributed by atoms with van der Waals surface area (Å²) in [5, 5.41) is 12.6. The molecular formula is C8H13ClN2O2. The van der Waals surface area contributed by atoms with Gasteiger partial charge in [0.05, 0.1) is 11.4 Å². The minimum Gasteiger partial charge on any atom is -0.463 e. The van der Waals surface area contributed by atoms with Gasteiger partial charge in [0.25, 0.3) is 0 Å². The van der Waals surface area contributed by atoms with Gasteiger partial charge in [0.2, 0.25) is 0 Å². The first kappa shape index (κ1) is 12.0. The second kappa shape index (κ2) is 4.28. The number of aryl methyl sites for hydroxylation is 1. The Kier molecular flexibility index (Phi) is 3.94. The average molecular weight is 205 g/mol. The maximum absolute atomic E-state index is 10.6. The lowest BCUT2D eigenvalue weighted by Gasteiger charge is -1.96. The molecule has 1 aromatic heterocycles. The SMILES string of the molecule is CCc1c(C)nn(C(=O)O)c1C.Cl. The zero-order valence-electron chi connectivity index (χ0n) is 7.87. The fourth-order valence-electron chi connectivity index (χ4n) is 1.37. The van der Waals surface area contributed by atoms with Gasteiger partial charge in [-0.25, -0.2) is 4.79 Å². The Morgan fingerprint density at radius 1 is 1.54 bits per heavy atom. The highest BCUT2D eigenvalue weighted by Crippen LogP contribution is 2.12. The van der Waals surface area contributed by atoms with Crippen molar-refractivity contribution in [2.24, 2.45) is 0 Å². The van der Waals surface area contributed by atoms with Crippen LogP contribution >= 0.6 is 12.4 Å². The van der Waals surface area contributed by atoms with Gasteiger partial charge in [-0.05, 0) is 25.8 Å². The molecule has 74 valence electrons. The Hall–Kier alpha value is -1.03. The summed E-state index contributed by atoms with van der Waals surface area (Å²) in [5.74, 6) is 0. The second-order valence-corrected chi connectivity index (χ2v) is 2.70. The van der Waals surface area contributed by atoms with Crippen LogP contribution in [0.5, 0.6) is 0 Å². The Morgan fingerprint density at radius 3 is 2.31 bits per heavy atom. The van der Waals surface area contributed by atoms with E-state index in [0.717, 1.165) is 28.1 Å². The average Bonchev–Trinajstić information content (AvgIpc) is 2.27. The predicted octanol–water partition coefficient (Wildman–Crippen LogP) is 2.01. The van der Waals surface area contributed by atoms with Gasteiger partial charge in [-0.3, -0.25) is 0 Å². The van der Waals surface area contributed by atoms with E-state index >= 15 is 0 Å². The molecule has 0 saturated carbocycles. The van der Waals surface area contributed by atoms with Crippen molar-refractivity contribution in [3.05, 3.63) is 17.0 Å². The van der Waals surface area contributed by atoms with Gasteiger partial charge in [-0.1, -0.05) is 6.92 Å². The number of rotatable bonds is 1. The monoisotopic (exact) mass is 204 g/mol. The lowest BCUT2D eigenvalue weighted by atomic mass is 10.1. The van der Waals surface area contributed by atoms with Crippen LogP contribution in [0.3, 0.4) is 0 Å². The standard InChI is InChI=1S/C8H12N2O2.ClH/c1-4-7-5(2)9-10(6(7)3)8(11)12;/h4H2,1-3H3,(H,11,12);1H. The van der Waals surface area contributed by atoms with Crippen molar-refractivity contribution in [3.8, 4) is 0 Å². The van der Waals surface area contributed by atoms with E-state index in [1.165, 1.54) is 0 Å². The number of halogens is 1. The van der Waals surface area contributed by atoms with E-state index in [1.807, 2.05) is 13.8 Å². The molecule has 5 heteroatoms. The molecule has 4 nitrogen and oxygen atoms in total. The fourth-order valence-corrected chi connectivity index (χ4v) is 1.37. The Morgan fingerprint density at radius 2 is 2.08 bits per heavy atom. The molecule has 1 aromatic rings. The summed E-state index contributed by atoms with van der Waals surface area (Å²) in [6.07, 6.45) is -0.194. The number of carbonyl (C=O) groups is 1. The van der Waals surface area contributed by atoms with Crippen molar-refractivity contribution < 1.29 is 9.90 Å². The lowest BCUT2D eigenvalue weighted by Crippen LogP contribution is -2.11. The van der Waals surface area contributed by atoms with Crippen molar-refractivity contribution in [2.45, 2.75) is 27.2 Å². The van der Waals surface area contributed by atoms with Gasteiger partial charge in [-0.2, -0.15) is 9.78 Å². The third-order valence-electron chi connectivity index (χ3n) is 1.98. The zero-order chi connectivity index (χ0) is 9.30. The third-order valence-corrected chi connectivity index (χ3v) is 1.98. The largest absolute Gasteiger partial charge is 0.463 e. The summed E-state index contributed by atoms with van der Waals surface area (Å²) in [7, 11) is 0. The molecule has 1 heterocycles. The summed E-state index contributed by atoms with van der Waals surface area (Å²) in [6, 6.07) is 0. The van der Waals surface area contributed by atoms with Crippen molar-refractivity contribution in [2.75, 3.05) is 0 Å². The number of nitrogens with zero attached hydrogens (tertiary/aromatic N) is 2. The van der Waals surface area contributed by atoms with E-state index in [1.54, 1.807) is 6.92 Å². The molecule has 0 radical (unpaired) electrons. The molecule has 0 fully saturated rings. The van der Waals surface area contributed by atoms with Crippen LogP contribution < -0.4 is 0 Å². The zero-order valence-corrected chi connectivity index (χ0v) is 8.68. The molecule has 13 heavy (non-hydrogen) atoms. The van der Waals surface area contributed by atoms with E-state index in [-0.39, 0.29) is 12.4 Å².